The molecule has 2 amide bonds. The second-order valence-corrected chi connectivity index (χ2v) is 24.4. The summed E-state index contributed by atoms with van der Waals surface area (Å²) in [6, 6.07) is 31.2. The molecule has 2 atom stereocenters. The summed E-state index contributed by atoms with van der Waals surface area (Å²) in [5.41, 5.74) is 1.58. The number of carbonyl (C=O) groups is 2. The van der Waals surface area contributed by atoms with Crippen LogP contribution in [-0.4, -0.2) is 131 Å². The Bertz CT molecular complexity index is 2090. The fraction of sp³-hybridized carbons (Fsp3) is 0.409. The predicted molar refractivity (Wildman–Crippen MR) is 230 cm³/mol. The van der Waals surface area contributed by atoms with Crippen LogP contribution in [0.4, 0.5) is 21.0 Å². The number of hydrogen-bond donors (Lipinski definition) is 0. The van der Waals surface area contributed by atoms with Gasteiger partial charge in [-0.2, -0.15) is 0 Å². The van der Waals surface area contributed by atoms with E-state index in [9.17, 15) is 9.59 Å². The van der Waals surface area contributed by atoms with Crippen LogP contribution in [0.15, 0.2) is 84.9 Å². The molecule has 0 saturated carbocycles. The first-order valence-corrected chi connectivity index (χ1v) is 25.6. The monoisotopic (exact) mass is 866 g/mol. The molecule has 4 saturated heterocycles. The molecule has 320 valence electrons. The van der Waals surface area contributed by atoms with Crippen molar-refractivity contribution < 1.29 is 51.6 Å². The number of nitrogens with zero attached hydrogens (tertiary/aromatic N) is 4. The van der Waals surface area contributed by atoms with E-state index >= 15 is 0 Å². The second-order valence-electron chi connectivity index (χ2n) is 16.5. The van der Waals surface area contributed by atoms with Gasteiger partial charge in [-0.15, -0.1) is 0 Å². The fourth-order valence-corrected chi connectivity index (χ4v) is 21.1. The van der Waals surface area contributed by atoms with E-state index in [0.29, 0.717) is 26.2 Å². The second kappa shape index (κ2) is 16.4. The maximum atomic E-state index is 13.0. The molecular formula is C44H50N4O11Si2. The molecule has 6 aliphatic rings. The third-order valence-corrected chi connectivity index (χ3v) is 22.9. The van der Waals surface area contributed by atoms with Gasteiger partial charge >= 0.3 is 12.2 Å². The molecule has 0 bridgehead atoms. The minimum Gasteiger partial charge on any atom is -0.497 e. The fourth-order valence-electron chi connectivity index (χ4n) is 9.58. The van der Waals surface area contributed by atoms with E-state index in [4.69, 9.17) is 42.0 Å². The van der Waals surface area contributed by atoms with Gasteiger partial charge in [0.1, 0.15) is 23.7 Å². The minimum atomic E-state index is -2.70. The molecule has 17 heteroatoms. The van der Waals surface area contributed by atoms with Crippen LogP contribution in [0.3, 0.4) is 0 Å². The van der Waals surface area contributed by atoms with Crippen LogP contribution < -0.4 is 48.6 Å². The number of hydrogen-bond acceptors (Lipinski definition) is 13. The lowest BCUT2D eigenvalue weighted by Gasteiger charge is -2.49. The number of rotatable bonds is 12. The number of ether oxygens (including phenoxy) is 8. The van der Waals surface area contributed by atoms with E-state index in [1.165, 1.54) is 10.4 Å². The van der Waals surface area contributed by atoms with Gasteiger partial charge in [0, 0.05) is 24.5 Å². The number of anilines is 2. The van der Waals surface area contributed by atoms with Crippen molar-refractivity contribution in [3.63, 3.8) is 0 Å². The Morgan fingerprint density at radius 3 is 1.33 bits per heavy atom. The van der Waals surface area contributed by atoms with Crippen LogP contribution >= 0.6 is 0 Å². The Hall–Kier alpha value is -5.47. The van der Waals surface area contributed by atoms with Crippen molar-refractivity contribution >= 4 is 50.6 Å². The predicted octanol–water partition coefficient (Wildman–Crippen LogP) is 4.87. The Balaban J connectivity index is 0.876. The first kappa shape index (κ1) is 39.7. The quantitative estimate of drug-likeness (QED) is 0.180. The van der Waals surface area contributed by atoms with Crippen LogP contribution in [0.5, 0.6) is 34.5 Å². The molecule has 4 aromatic carbocycles. The highest BCUT2D eigenvalue weighted by atomic mass is 28.4. The van der Waals surface area contributed by atoms with E-state index in [1.807, 2.05) is 60.7 Å². The molecule has 0 radical (unpaired) electrons. The third-order valence-electron chi connectivity index (χ3n) is 13.0. The highest BCUT2D eigenvalue weighted by Crippen LogP contribution is 2.39. The van der Waals surface area contributed by atoms with Crippen LogP contribution in [0.25, 0.3) is 0 Å². The number of amides is 2. The van der Waals surface area contributed by atoms with Crippen molar-refractivity contribution in [2.45, 2.75) is 36.4 Å². The van der Waals surface area contributed by atoms with Crippen molar-refractivity contribution in [1.82, 2.24) is 9.80 Å². The number of carbonyl (C=O) groups excluding carboxylic acids is 2. The summed E-state index contributed by atoms with van der Waals surface area (Å²) in [5, 5.41) is 2.42. The smallest absolute Gasteiger partial charge is 0.414 e. The van der Waals surface area contributed by atoms with Gasteiger partial charge in [0.25, 0.3) is 0 Å². The maximum absolute atomic E-state index is 13.0. The Kier molecular flexibility index (Phi) is 10.7. The summed E-state index contributed by atoms with van der Waals surface area (Å²) in [6.07, 6.45) is -1.17. The summed E-state index contributed by atoms with van der Waals surface area (Å²) in [5.74, 6) is 4.50. The Labute approximate surface area is 356 Å². The SMILES string of the molecule is COc1ccc(N2C[C@H](CN3CC[Si](O[Si]4(c5ccc6c(c5)OCO6)CCN(C[C@H]5CN(c6ccc(OC)cc6)C(=O)O5)CC4)(c4ccc5c(c4)OCO5)CC3)OC2=O)cc1. The molecule has 0 N–H and O–H groups in total. The van der Waals surface area contributed by atoms with E-state index in [2.05, 4.69) is 34.1 Å². The van der Waals surface area contributed by atoms with Crippen LogP contribution in [0.1, 0.15) is 0 Å². The summed E-state index contributed by atoms with van der Waals surface area (Å²) < 4.78 is 53.9. The van der Waals surface area contributed by atoms with Crippen LogP contribution in [0, 0.1) is 0 Å². The topological polar surface area (TPSA) is 130 Å². The molecule has 4 fully saturated rings. The van der Waals surface area contributed by atoms with Gasteiger partial charge < -0.3 is 42.0 Å². The number of cyclic esters (lactones) is 2. The number of methoxy groups -OCH3 is 2. The lowest BCUT2D eigenvalue weighted by molar-refractivity contribution is 0.109. The van der Waals surface area contributed by atoms with Gasteiger partial charge in [-0.05, 0) is 134 Å². The van der Waals surface area contributed by atoms with Crippen molar-refractivity contribution in [2.75, 3.05) is 90.0 Å². The molecule has 10 rings (SSSR count). The lowest BCUT2D eigenvalue weighted by atomic mass is 10.2. The lowest BCUT2D eigenvalue weighted by Crippen LogP contribution is -2.68. The molecule has 61 heavy (non-hydrogen) atoms. The summed E-state index contributed by atoms with van der Waals surface area (Å²) in [7, 11) is -2.14. The highest BCUT2D eigenvalue weighted by molar-refractivity contribution is 6.99. The van der Waals surface area contributed by atoms with Crippen molar-refractivity contribution in [2.24, 2.45) is 0 Å². The highest BCUT2D eigenvalue weighted by Gasteiger charge is 2.52. The largest absolute Gasteiger partial charge is 0.497 e. The van der Waals surface area contributed by atoms with Crippen LogP contribution in [0.2, 0.25) is 24.2 Å². The third kappa shape index (κ3) is 7.84. The first-order valence-electron chi connectivity index (χ1n) is 21.0. The minimum absolute atomic E-state index is 0.204. The van der Waals surface area contributed by atoms with Gasteiger partial charge in [-0.1, -0.05) is 12.1 Å². The maximum Gasteiger partial charge on any atom is 0.414 e. The van der Waals surface area contributed by atoms with Crippen molar-refractivity contribution in [3.05, 3.63) is 84.9 Å². The first-order chi connectivity index (χ1) is 29.8. The van der Waals surface area contributed by atoms with E-state index in [1.54, 1.807) is 24.0 Å². The zero-order chi connectivity index (χ0) is 41.6. The van der Waals surface area contributed by atoms with Gasteiger partial charge in [0.2, 0.25) is 30.2 Å². The number of benzene rings is 4. The molecule has 0 spiro atoms. The number of fused-ring (bicyclic) bond motifs is 2. The zero-order valence-electron chi connectivity index (χ0n) is 34.4. The van der Waals surface area contributed by atoms with E-state index in [0.717, 1.165) is 96.2 Å². The average Bonchev–Trinajstić information content (AvgIpc) is 4.12. The van der Waals surface area contributed by atoms with Crippen molar-refractivity contribution in [3.8, 4) is 34.5 Å². The zero-order valence-corrected chi connectivity index (χ0v) is 36.4. The molecule has 0 unspecified atom stereocenters. The molecule has 6 heterocycles. The molecule has 6 aliphatic heterocycles. The van der Waals surface area contributed by atoms with Gasteiger partial charge in [0.05, 0.1) is 27.3 Å². The standard InChI is InChI=1S/C44H50N4O11Si2/c1-51-33-7-3-31(4-8-33)47-27-35(57-43(47)49)25-45-15-19-60(20-16-45,37-11-13-39-41(23-37)55-29-53-39)59-61(38-12-14-40-42(24-38)56-30-54-40)21-17-46(18-22-61)26-36-28-48(44(50)58-36)32-5-9-34(52-2)10-6-32/h3-14,23-24,35-36H,15-22,25-30H2,1-2H3/t35-,36-/m0/s1. The van der Waals surface area contributed by atoms with Crippen molar-refractivity contribution in [1.29, 1.82) is 0 Å². The normalized spacial score (nSPS) is 22.9. The van der Waals surface area contributed by atoms with Crippen LogP contribution in [-0.2, 0) is 13.6 Å². The summed E-state index contributed by atoms with van der Waals surface area (Å²) in [6.45, 7) is 5.92. The van der Waals surface area contributed by atoms with Gasteiger partial charge in [0.15, 0.2) is 23.0 Å². The molecule has 4 aromatic rings. The Morgan fingerprint density at radius 1 is 0.541 bits per heavy atom. The Morgan fingerprint density at radius 2 is 0.934 bits per heavy atom. The molecule has 0 aromatic heterocycles. The van der Waals surface area contributed by atoms with Gasteiger partial charge in [-0.3, -0.25) is 19.6 Å². The summed E-state index contributed by atoms with van der Waals surface area (Å²) in [4.78, 5) is 34.3. The molecular weight excluding hydrogens is 817 g/mol. The molecule has 15 nitrogen and oxygen atoms in total. The van der Waals surface area contributed by atoms with Gasteiger partial charge in [-0.25, -0.2) is 9.59 Å². The van der Waals surface area contributed by atoms with E-state index < -0.39 is 16.6 Å². The molecule has 0 aliphatic carbocycles. The van der Waals surface area contributed by atoms with E-state index in [-0.39, 0.29) is 38.0 Å². The summed E-state index contributed by atoms with van der Waals surface area (Å²) >= 11 is 0. The average molecular weight is 867 g/mol.